The molecule has 1 N–H and O–H groups in total. The van der Waals surface area contributed by atoms with Gasteiger partial charge in [0, 0.05) is 44.5 Å². The van der Waals surface area contributed by atoms with Crippen molar-refractivity contribution in [1.82, 2.24) is 20.0 Å². The summed E-state index contributed by atoms with van der Waals surface area (Å²) in [4.78, 5) is 2.47. The van der Waals surface area contributed by atoms with Crippen molar-refractivity contribution < 1.29 is 0 Å². The molecule has 0 bridgehead atoms. The van der Waals surface area contributed by atoms with Crippen molar-refractivity contribution >= 4 is 0 Å². The van der Waals surface area contributed by atoms with Crippen LogP contribution in [-0.2, 0) is 13.5 Å². The Labute approximate surface area is 97.6 Å². The SMILES string of the molecule is CN(CCc1ccnn1C)C1CCCNC1. The van der Waals surface area contributed by atoms with E-state index in [-0.39, 0.29) is 0 Å². The van der Waals surface area contributed by atoms with Crippen LogP contribution in [0.15, 0.2) is 12.3 Å². The fraction of sp³-hybridized carbons (Fsp3) is 0.750. The van der Waals surface area contributed by atoms with E-state index in [0.717, 1.165) is 19.5 Å². The third kappa shape index (κ3) is 2.83. The van der Waals surface area contributed by atoms with Crippen molar-refractivity contribution in [3.05, 3.63) is 18.0 Å². The maximum atomic E-state index is 4.19. The fourth-order valence-corrected chi connectivity index (χ4v) is 2.33. The number of nitrogens with zero attached hydrogens (tertiary/aromatic N) is 3. The molecule has 1 unspecified atom stereocenters. The summed E-state index contributed by atoms with van der Waals surface area (Å²) in [6.07, 6.45) is 5.59. The third-order valence-electron chi connectivity index (χ3n) is 3.54. The lowest BCUT2D eigenvalue weighted by molar-refractivity contribution is 0.204. The smallest absolute Gasteiger partial charge is 0.0492 e. The Bertz CT molecular complexity index is 315. The molecule has 90 valence electrons. The lowest BCUT2D eigenvalue weighted by Gasteiger charge is -2.31. The summed E-state index contributed by atoms with van der Waals surface area (Å²) < 4.78 is 1.97. The van der Waals surface area contributed by atoms with Crippen LogP contribution in [0, 0.1) is 0 Å². The zero-order valence-corrected chi connectivity index (χ0v) is 10.3. The minimum absolute atomic E-state index is 0.710. The van der Waals surface area contributed by atoms with Crippen LogP contribution in [0.5, 0.6) is 0 Å². The molecule has 1 atom stereocenters. The van der Waals surface area contributed by atoms with Gasteiger partial charge in [0.2, 0.25) is 0 Å². The standard InChI is InChI=1S/C12H22N4/c1-15(12-4-3-7-13-10-12)9-6-11-5-8-14-16(11)2/h5,8,12-13H,3-4,6-7,9-10H2,1-2H3. The van der Waals surface area contributed by atoms with E-state index >= 15 is 0 Å². The van der Waals surface area contributed by atoms with E-state index in [0.29, 0.717) is 6.04 Å². The molecule has 1 aliphatic rings. The predicted molar refractivity (Wildman–Crippen MR) is 65.4 cm³/mol. The molecule has 1 aliphatic heterocycles. The monoisotopic (exact) mass is 222 g/mol. The number of hydrogen-bond acceptors (Lipinski definition) is 3. The van der Waals surface area contributed by atoms with Crippen molar-refractivity contribution in [3.63, 3.8) is 0 Å². The molecule has 1 aromatic heterocycles. The Morgan fingerprint density at radius 1 is 1.62 bits per heavy atom. The summed E-state index contributed by atoms with van der Waals surface area (Å²) in [5.74, 6) is 0. The lowest BCUT2D eigenvalue weighted by atomic mass is 10.1. The van der Waals surface area contributed by atoms with Crippen LogP contribution in [0.4, 0.5) is 0 Å². The first kappa shape index (κ1) is 11.6. The second-order valence-corrected chi connectivity index (χ2v) is 4.68. The summed E-state index contributed by atoms with van der Waals surface area (Å²) >= 11 is 0. The molecule has 0 saturated carbocycles. The van der Waals surface area contributed by atoms with Gasteiger partial charge in [-0.2, -0.15) is 5.10 Å². The first-order chi connectivity index (χ1) is 7.77. The number of hydrogen-bond donors (Lipinski definition) is 1. The summed E-state index contributed by atoms with van der Waals surface area (Å²) in [6, 6.07) is 2.81. The van der Waals surface area contributed by atoms with Crippen LogP contribution in [0.1, 0.15) is 18.5 Å². The van der Waals surface area contributed by atoms with Crippen LogP contribution in [0.25, 0.3) is 0 Å². The van der Waals surface area contributed by atoms with E-state index in [1.165, 1.54) is 25.1 Å². The van der Waals surface area contributed by atoms with E-state index < -0.39 is 0 Å². The van der Waals surface area contributed by atoms with E-state index in [1.54, 1.807) is 0 Å². The van der Waals surface area contributed by atoms with Gasteiger partial charge in [0.05, 0.1) is 0 Å². The second kappa shape index (κ2) is 5.46. The number of likely N-dealkylation sites (N-methyl/N-ethyl adjacent to an activating group) is 1. The van der Waals surface area contributed by atoms with Crippen LogP contribution in [0.2, 0.25) is 0 Å². The van der Waals surface area contributed by atoms with Crippen molar-refractivity contribution in [2.75, 3.05) is 26.7 Å². The van der Waals surface area contributed by atoms with Gasteiger partial charge in [0.1, 0.15) is 0 Å². The zero-order valence-electron chi connectivity index (χ0n) is 10.3. The highest BCUT2D eigenvalue weighted by atomic mass is 15.3. The molecule has 0 aliphatic carbocycles. The van der Waals surface area contributed by atoms with Gasteiger partial charge >= 0.3 is 0 Å². The van der Waals surface area contributed by atoms with E-state index in [2.05, 4.69) is 28.4 Å². The van der Waals surface area contributed by atoms with Gasteiger partial charge in [-0.1, -0.05) is 0 Å². The number of aromatic nitrogens is 2. The third-order valence-corrected chi connectivity index (χ3v) is 3.54. The van der Waals surface area contributed by atoms with E-state index in [1.807, 2.05) is 17.9 Å². The highest BCUT2D eigenvalue weighted by Crippen LogP contribution is 2.09. The number of aryl methyl sites for hydroxylation is 1. The Morgan fingerprint density at radius 2 is 2.50 bits per heavy atom. The number of nitrogens with one attached hydrogen (secondary N) is 1. The largest absolute Gasteiger partial charge is 0.315 e. The van der Waals surface area contributed by atoms with Gasteiger partial charge < -0.3 is 10.2 Å². The van der Waals surface area contributed by atoms with Gasteiger partial charge in [0.25, 0.3) is 0 Å². The molecule has 2 heterocycles. The van der Waals surface area contributed by atoms with Crippen molar-refractivity contribution in [2.24, 2.45) is 7.05 Å². The van der Waals surface area contributed by atoms with Gasteiger partial charge in [-0.25, -0.2) is 0 Å². The Morgan fingerprint density at radius 3 is 3.12 bits per heavy atom. The van der Waals surface area contributed by atoms with Crippen LogP contribution >= 0.6 is 0 Å². The zero-order chi connectivity index (χ0) is 11.4. The van der Waals surface area contributed by atoms with Gasteiger partial charge in [-0.05, 0) is 32.5 Å². The van der Waals surface area contributed by atoms with Crippen LogP contribution in [-0.4, -0.2) is 47.4 Å². The van der Waals surface area contributed by atoms with E-state index in [4.69, 9.17) is 0 Å². The molecule has 1 aromatic rings. The first-order valence-electron chi connectivity index (χ1n) is 6.15. The Balaban J connectivity index is 1.78. The van der Waals surface area contributed by atoms with E-state index in [9.17, 15) is 0 Å². The number of rotatable bonds is 4. The fourth-order valence-electron chi connectivity index (χ4n) is 2.33. The highest BCUT2D eigenvalue weighted by Gasteiger charge is 2.17. The Hall–Kier alpha value is -0.870. The summed E-state index contributed by atoms with van der Waals surface area (Å²) in [5.41, 5.74) is 1.32. The molecule has 4 heteroatoms. The lowest BCUT2D eigenvalue weighted by Crippen LogP contribution is -2.44. The molecule has 4 nitrogen and oxygen atoms in total. The quantitative estimate of drug-likeness (QED) is 0.812. The molecule has 0 spiro atoms. The highest BCUT2D eigenvalue weighted by molar-refractivity contribution is 5.00. The Kier molecular flexibility index (Phi) is 3.96. The molecule has 1 fully saturated rings. The van der Waals surface area contributed by atoms with Crippen molar-refractivity contribution in [3.8, 4) is 0 Å². The van der Waals surface area contributed by atoms with Crippen LogP contribution in [0.3, 0.4) is 0 Å². The van der Waals surface area contributed by atoms with Gasteiger partial charge in [-0.15, -0.1) is 0 Å². The second-order valence-electron chi connectivity index (χ2n) is 4.68. The molecular formula is C12H22N4. The molecule has 2 rings (SSSR count). The number of piperidine rings is 1. The average Bonchev–Trinajstić information content (AvgIpc) is 2.73. The minimum atomic E-state index is 0.710. The molecular weight excluding hydrogens is 200 g/mol. The topological polar surface area (TPSA) is 33.1 Å². The van der Waals surface area contributed by atoms with Crippen LogP contribution < -0.4 is 5.32 Å². The normalized spacial score (nSPS) is 21.6. The van der Waals surface area contributed by atoms with Crippen molar-refractivity contribution in [1.29, 1.82) is 0 Å². The average molecular weight is 222 g/mol. The maximum Gasteiger partial charge on any atom is 0.0492 e. The summed E-state index contributed by atoms with van der Waals surface area (Å²) in [7, 11) is 4.24. The minimum Gasteiger partial charge on any atom is -0.315 e. The van der Waals surface area contributed by atoms with Gasteiger partial charge in [-0.3, -0.25) is 4.68 Å². The summed E-state index contributed by atoms with van der Waals surface area (Å²) in [6.45, 7) is 3.44. The van der Waals surface area contributed by atoms with Gasteiger partial charge in [0.15, 0.2) is 0 Å². The first-order valence-corrected chi connectivity index (χ1v) is 6.15. The molecule has 0 amide bonds. The molecule has 1 saturated heterocycles. The summed E-state index contributed by atoms with van der Waals surface area (Å²) in [5, 5.41) is 7.65. The molecule has 0 radical (unpaired) electrons. The van der Waals surface area contributed by atoms with Crippen molar-refractivity contribution in [2.45, 2.75) is 25.3 Å². The predicted octanol–water partition coefficient (Wildman–Crippen LogP) is 0.646. The molecule has 0 aromatic carbocycles. The maximum absolute atomic E-state index is 4.19. The molecule has 16 heavy (non-hydrogen) atoms.